The normalized spacial score (nSPS) is 26.4. The molecule has 1 heterocycles. The van der Waals surface area contributed by atoms with Crippen LogP contribution in [0.3, 0.4) is 0 Å². The minimum absolute atomic E-state index is 0.103. The van der Waals surface area contributed by atoms with E-state index in [0.29, 0.717) is 43.5 Å². The Kier molecular flexibility index (Phi) is 9.59. The summed E-state index contributed by atoms with van der Waals surface area (Å²) in [5.74, 6) is 3.77. The molecule has 44 heavy (non-hydrogen) atoms. The second kappa shape index (κ2) is 13.7. The third kappa shape index (κ3) is 7.65. The van der Waals surface area contributed by atoms with Crippen LogP contribution < -0.4 is 9.47 Å². The molecule has 0 spiro atoms. The van der Waals surface area contributed by atoms with Crippen LogP contribution in [-0.4, -0.2) is 31.0 Å². The molecule has 1 aliphatic heterocycles. The molecule has 232 valence electrons. The molecular weight excluding hydrogens is 544 g/mol. The summed E-state index contributed by atoms with van der Waals surface area (Å²) >= 11 is 0. The van der Waals surface area contributed by atoms with Crippen LogP contribution in [0, 0.1) is 17.8 Å². The molecule has 4 heteroatoms. The molecular formula is C40H48O4. The Morgan fingerprint density at radius 2 is 1.52 bits per heavy atom. The lowest BCUT2D eigenvalue weighted by Crippen LogP contribution is -2.31. The second-order valence-electron chi connectivity index (χ2n) is 13.8. The Labute approximate surface area is 264 Å². The smallest absolute Gasteiger partial charge is 0.120 e. The van der Waals surface area contributed by atoms with Crippen LogP contribution in [0.25, 0.3) is 0 Å². The summed E-state index contributed by atoms with van der Waals surface area (Å²) < 4.78 is 24.6. The molecule has 3 aromatic carbocycles. The maximum Gasteiger partial charge on any atom is 0.120 e. The van der Waals surface area contributed by atoms with E-state index in [2.05, 4.69) is 107 Å². The molecule has 3 aromatic rings. The highest BCUT2D eigenvalue weighted by molar-refractivity contribution is 5.46. The zero-order valence-electron chi connectivity index (χ0n) is 26.8. The van der Waals surface area contributed by atoms with Crippen molar-refractivity contribution in [1.82, 2.24) is 0 Å². The Morgan fingerprint density at radius 1 is 0.795 bits per heavy atom. The third-order valence-electron chi connectivity index (χ3n) is 9.30. The first kappa shape index (κ1) is 30.7. The van der Waals surface area contributed by atoms with Gasteiger partial charge < -0.3 is 18.9 Å². The first-order valence-electron chi connectivity index (χ1n) is 16.5. The van der Waals surface area contributed by atoms with Crippen LogP contribution in [0.15, 0.2) is 97.1 Å². The van der Waals surface area contributed by atoms with Gasteiger partial charge in [-0.05, 0) is 111 Å². The van der Waals surface area contributed by atoms with Crippen molar-refractivity contribution in [3.63, 3.8) is 0 Å². The van der Waals surface area contributed by atoms with E-state index in [1.165, 1.54) is 22.3 Å². The number of aryl methyl sites for hydroxylation is 1. The minimum Gasteiger partial charge on any atom is -0.491 e. The number of rotatable bonds is 10. The van der Waals surface area contributed by atoms with Crippen molar-refractivity contribution in [2.75, 3.05) is 13.2 Å². The quantitative estimate of drug-likeness (QED) is 0.235. The van der Waals surface area contributed by atoms with Gasteiger partial charge in [0.05, 0.1) is 25.4 Å². The molecule has 4 nitrogen and oxygen atoms in total. The molecule has 0 bridgehead atoms. The van der Waals surface area contributed by atoms with Crippen LogP contribution in [0.5, 0.6) is 11.5 Å². The van der Waals surface area contributed by atoms with Crippen molar-refractivity contribution in [2.45, 2.75) is 83.7 Å². The number of hydrogen-bond acceptors (Lipinski definition) is 4. The fourth-order valence-electron chi connectivity index (χ4n) is 7.22. The molecule has 1 fully saturated rings. The lowest BCUT2D eigenvalue weighted by Gasteiger charge is -2.40. The standard InChI is InChI=1S/C40H48O4/c1-28-10-8-9-13-36(28)38-22-16-31-24-33(44-40(2,3)4)21-23-37(31)39(38)30-14-17-32(18-15-30)42-27-35-20-19-34(43-35)26-41-25-29-11-6-5-7-12-29/h5-15,17-18,21,23-24,28,34-36,38-39H,16,19-20,22,25-27H2,1-4H3/t28?,34-,35?,36?,38-,39-/m1/s1. The van der Waals surface area contributed by atoms with Crippen LogP contribution in [-0.2, 0) is 22.5 Å². The topological polar surface area (TPSA) is 36.9 Å². The molecule has 0 radical (unpaired) electrons. The molecule has 6 rings (SSSR count). The molecule has 1 saturated heterocycles. The molecule has 6 atom stereocenters. The van der Waals surface area contributed by atoms with E-state index in [-0.39, 0.29) is 17.8 Å². The average molecular weight is 593 g/mol. The highest BCUT2D eigenvalue weighted by atomic mass is 16.6. The molecule has 0 saturated carbocycles. The van der Waals surface area contributed by atoms with Gasteiger partial charge in [-0.1, -0.05) is 79.8 Å². The zero-order chi connectivity index (χ0) is 30.5. The molecule has 0 amide bonds. The van der Waals surface area contributed by atoms with E-state index in [4.69, 9.17) is 18.9 Å². The molecule has 3 unspecified atom stereocenters. The molecule has 2 aliphatic carbocycles. The summed E-state index contributed by atoms with van der Waals surface area (Å²) in [6.07, 6.45) is 13.7. The van der Waals surface area contributed by atoms with Gasteiger partial charge in [-0.15, -0.1) is 0 Å². The lowest BCUT2D eigenvalue weighted by molar-refractivity contribution is -0.0318. The summed E-state index contributed by atoms with van der Waals surface area (Å²) in [5.41, 5.74) is 5.19. The van der Waals surface area contributed by atoms with Crippen molar-refractivity contribution < 1.29 is 18.9 Å². The van der Waals surface area contributed by atoms with Crippen molar-refractivity contribution >= 4 is 0 Å². The first-order valence-corrected chi connectivity index (χ1v) is 16.5. The van der Waals surface area contributed by atoms with Gasteiger partial charge in [0.15, 0.2) is 0 Å². The third-order valence-corrected chi connectivity index (χ3v) is 9.30. The SMILES string of the molecule is CC1C=CC=CC1[C@H]1CCc2cc(OC(C)(C)C)ccc2[C@H]1c1ccc(OCC2CC[C@H](COCc3ccccc3)O2)cc1. The van der Waals surface area contributed by atoms with Crippen LogP contribution >= 0.6 is 0 Å². The summed E-state index contributed by atoms with van der Waals surface area (Å²) in [6, 6.07) is 25.9. The number of benzene rings is 3. The largest absolute Gasteiger partial charge is 0.491 e. The lowest BCUT2D eigenvalue weighted by atomic mass is 9.64. The van der Waals surface area contributed by atoms with Crippen LogP contribution in [0.1, 0.15) is 75.1 Å². The summed E-state index contributed by atoms with van der Waals surface area (Å²) in [7, 11) is 0. The predicted octanol–water partition coefficient (Wildman–Crippen LogP) is 9.08. The fraction of sp³-hybridized carbons (Fsp3) is 0.450. The van der Waals surface area contributed by atoms with Crippen LogP contribution in [0.2, 0.25) is 0 Å². The van der Waals surface area contributed by atoms with Crippen molar-refractivity contribution in [1.29, 1.82) is 0 Å². The summed E-state index contributed by atoms with van der Waals surface area (Å²) in [6.45, 7) is 10.5. The van der Waals surface area contributed by atoms with Gasteiger partial charge in [0.25, 0.3) is 0 Å². The number of fused-ring (bicyclic) bond motifs is 1. The second-order valence-corrected chi connectivity index (χ2v) is 13.8. The van der Waals surface area contributed by atoms with Gasteiger partial charge in [0.2, 0.25) is 0 Å². The fourth-order valence-corrected chi connectivity index (χ4v) is 7.22. The summed E-state index contributed by atoms with van der Waals surface area (Å²) in [4.78, 5) is 0. The number of allylic oxidation sites excluding steroid dienone is 4. The highest BCUT2D eigenvalue weighted by Crippen LogP contribution is 2.48. The van der Waals surface area contributed by atoms with Crippen molar-refractivity contribution in [2.24, 2.45) is 17.8 Å². The van der Waals surface area contributed by atoms with E-state index >= 15 is 0 Å². The van der Waals surface area contributed by atoms with Gasteiger partial charge in [-0.3, -0.25) is 0 Å². The molecule has 3 aliphatic rings. The molecule has 0 aromatic heterocycles. The first-order chi connectivity index (χ1) is 21.3. The van der Waals surface area contributed by atoms with Gasteiger partial charge >= 0.3 is 0 Å². The van der Waals surface area contributed by atoms with E-state index in [0.717, 1.165) is 37.2 Å². The van der Waals surface area contributed by atoms with E-state index in [9.17, 15) is 0 Å². The minimum atomic E-state index is -0.212. The predicted molar refractivity (Wildman–Crippen MR) is 177 cm³/mol. The number of ether oxygens (including phenoxy) is 4. The Hall–Kier alpha value is -3.34. The maximum absolute atomic E-state index is 6.24. The number of hydrogen-bond donors (Lipinski definition) is 0. The van der Waals surface area contributed by atoms with Crippen LogP contribution in [0.4, 0.5) is 0 Å². The average Bonchev–Trinajstić information content (AvgIpc) is 3.47. The summed E-state index contributed by atoms with van der Waals surface area (Å²) in [5, 5.41) is 0. The van der Waals surface area contributed by atoms with Gasteiger partial charge in [-0.2, -0.15) is 0 Å². The van der Waals surface area contributed by atoms with Gasteiger partial charge in [-0.25, -0.2) is 0 Å². The van der Waals surface area contributed by atoms with Gasteiger partial charge in [0.1, 0.15) is 23.7 Å². The van der Waals surface area contributed by atoms with Crippen molar-refractivity contribution in [3.8, 4) is 11.5 Å². The van der Waals surface area contributed by atoms with E-state index in [1.807, 2.05) is 18.2 Å². The van der Waals surface area contributed by atoms with Gasteiger partial charge in [0, 0.05) is 5.92 Å². The highest BCUT2D eigenvalue weighted by Gasteiger charge is 2.37. The Bertz CT molecular complexity index is 1420. The Balaban J connectivity index is 1.10. The van der Waals surface area contributed by atoms with Crippen molar-refractivity contribution in [3.05, 3.63) is 119 Å². The van der Waals surface area contributed by atoms with E-state index < -0.39 is 0 Å². The van der Waals surface area contributed by atoms with E-state index in [1.54, 1.807) is 0 Å². The monoisotopic (exact) mass is 592 g/mol. The maximum atomic E-state index is 6.24. The zero-order valence-corrected chi connectivity index (χ0v) is 26.8. The molecule has 0 N–H and O–H groups in total. The Morgan fingerprint density at radius 3 is 2.27 bits per heavy atom.